The fourth-order valence-corrected chi connectivity index (χ4v) is 3.77. The highest BCUT2D eigenvalue weighted by Gasteiger charge is 2.36. The Balaban J connectivity index is 1.66. The molecule has 4 rings (SSSR count). The van der Waals surface area contributed by atoms with Gasteiger partial charge in [0, 0.05) is 30.4 Å². The van der Waals surface area contributed by atoms with Gasteiger partial charge in [0.2, 0.25) is 5.43 Å². The van der Waals surface area contributed by atoms with E-state index in [2.05, 4.69) is 15.4 Å². The molecule has 7 heteroatoms. The number of aryl methyl sites for hydroxylation is 2. The lowest BCUT2D eigenvalue weighted by Crippen LogP contribution is -2.42. The summed E-state index contributed by atoms with van der Waals surface area (Å²) >= 11 is 0. The highest BCUT2D eigenvalue weighted by molar-refractivity contribution is 5.97. The van der Waals surface area contributed by atoms with E-state index >= 15 is 0 Å². The molecule has 0 bridgehead atoms. The Morgan fingerprint density at radius 1 is 1.41 bits per heavy atom. The second-order valence-corrected chi connectivity index (χ2v) is 7.31. The number of carbonyl (C=O) groups is 1. The Hall–Kier alpha value is -2.93. The Morgan fingerprint density at radius 2 is 2.19 bits per heavy atom. The average molecular weight is 366 g/mol. The van der Waals surface area contributed by atoms with Crippen molar-refractivity contribution >= 4 is 16.8 Å². The SMILES string of the molecule is Cc1cccc2c(=O)c(C(=O)N[C@H](c3cnn(C)c3)C3CC(O)C3)c[nH]c12. The second-order valence-electron chi connectivity index (χ2n) is 7.31. The lowest BCUT2D eigenvalue weighted by atomic mass is 9.75. The van der Waals surface area contributed by atoms with Gasteiger partial charge in [-0.1, -0.05) is 12.1 Å². The summed E-state index contributed by atoms with van der Waals surface area (Å²) in [5, 5.41) is 17.3. The van der Waals surface area contributed by atoms with Gasteiger partial charge >= 0.3 is 0 Å². The number of fused-ring (bicyclic) bond motifs is 1. The van der Waals surface area contributed by atoms with Crippen LogP contribution in [0.25, 0.3) is 10.9 Å². The molecule has 0 saturated heterocycles. The summed E-state index contributed by atoms with van der Waals surface area (Å²) < 4.78 is 1.68. The van der Waals surface area contributed by atoms with Crippen molar-refractivity contribution in [1.29, 1.82) is 0 Å². The number of carbonyl (C=O) groups excluding carboxylic acids is 1. The molecule has 1 aliphatic carbocycles. The van der Waals surface area contributed by atoms with Crippen LogP contribution in [0.2, 0.25) is 0 Å². The first-order valence-electron chi connectivity index (χ1n) is 9.02. The van der Waals surface area contributed by atoms with Crippen LogP contribution in [0.15, 0.2) is 41.6 Å². The number of aliphatic hydroxyl groups is 1. The first-order chi connectivity index (χ1) is 12.9. The van der Waals surface area contributed by atoms with Gasteiger partial charge in [0.1, 0.15) is 5.56 Å². The van der Waals surface area contributed by atoms with Crippen LogP contribution in [0.3, 0.4) is 0 Å². The lowest BCUT2D eigenvalue weighted by molar-refractivity contribution is 0.0235. The molecule has 0 aliphatic heterocycles. The van der Waals surface area contributed by atoms with E-state index in [0.29, 0.717) is 18.2 Å². The molecule has 1 amide bonds. The van der Waals surface area contributed by atoms with E-state index in [0.717, 1.165) is 16.6 Å². The van der Waals surface area contributed by atoms with Gasteiger partial charge in [0.25, 0.3) is 5.91 Å². The number of hydrogen-bond acceptors (Lipinski definition) is 4. The molecular formula is C20H22N4O3. The maximum atomic E-state index is 12.9. The molecule has 1 atom stereocenters. The molecule has 0 radical (unpaired) electrons. The van der Waals surface area contributed by atoms with Gasteiger partial charge in [-0.25, -0.2) is 0 Å². The number of aromatic nitrogens is 3. The molecule has 140 valence electrons. The molecule has 3 aromatic rings. The van der Waals surface area contributed by atoms with Crippen LogP contribution in [0, 0.1) is 12.8 Å². The Morgan fingerprint density at radius 3 is 2.85 bits per heavy atom. The van der Waals surface area contributed by atoms with Crippen molar-refractivity contribution in [3.05, 3.63) is 63.7 Å². The predicted octanol–water partition coefficient (Wildman–Crippen LogP) is 1.81. The molecule has 1 fully saturated rings. The third-order valence-electron chi connectivity index (χ3n) is 5.36. The summed E-state index contributed by atoms with van der Waals surface area (Å²) in [6.07, 6.45) is 5.94. The first-order valence-corrected chi connectivity index (χ1v) is 9.02. The van der Waals surface area contributed by atoms with Crippen LogP contribution in [0.5, 0.6) is 0 Å². The fraction of sp³-hybridized carbons (Fsp3) is 0.350. The van der Waals surface area contributed by atoms with Gasteiger partial charge in [-0.15, -0.1) is 0 Å². The minimum Gasteiger partial charge on any atom is -0.393 e. The van der Waals surface area contributed by atoms with Gasteiger partial charge in [-0.2, -0.15) is 5.10 Å². The lowest BCUT2D eigenvalue weighted by Gasteiger charge is -2.37. The van der Waals surface area contributed by atoms with Crippen LogP contribution >= 0.6 is 0 Å². The number of rotatable bonds is 4. The minimum atomic E-state index is -0.421. The predicted molar refractivity (Wildman–Crippen MR) is 101 cm³/mol. The molecule has 3 N–H and O–H groups in total. The fourth-order valence-electron chi connectivity index (χ4n) is 3.77. The monoisotopic (exact) mass is 366 g/mol. The largest absolute Gasteiger partial charge is 0.393 e. The van der Waals surface area contributed by atoms with E-state index in [1.807, 2.05) is 32.3 Å². The van der Waals surface area contributed by atoms with Crippen LogP contribution in [0.1, 0.15) is 40.4 Å². The number of benzene rings is 1. The first kappa shape index (κ1) is 17.5. The van der Waals surface area contributed by atoms with Crippen LogP contribution in [-0.2, 0) is 7.05 Å². The number of para-hydroxylation sites is 1. The standard InChI is InChI=1S/C20H22N4O3/c1-11-4-3-5-15-17(11)21-9-16(19(15)26)20(27)23-18(12-6-14(25)7-12)13-8-22-24(2)10-13/h3-5,8-10,12,14,18,25H,6-7H2,1-2H3,(H,21,26)(H,23,27)/t12?,14?,18-/m0/s1. The number of aromatic amines is 1. The average Bonchev–Trinajstić information content (AvgIpc) is 3.04. The van der Waals surface area contributed by atoms with Crippen LogP contribution in [-0.4, -0.2) is 31.9 Å². The van der Waals surface area contributed by atoms with Gasteiger partial charge in [-0.3, -0.25) is 14.3 Å². The van der Waals surface area contributed by atoms with Crippen molar-refractivity contribution in [3.63, 3.8) is 0 Å². The number of nitrogens with one attached hydrogen (secondary N) is 2. The summed E-state index contributed by atoms with van der Waals surface area (Å²) in [5.74, 6) is -0.301. The molecule has 1 aromatic carbocycles. The third-order valence-corrected chi connectivity index (χ3v) is 5.36. The zero-order valence-electron chi connectivity index (χ0n) is 15.3. The van der Waals surface area contributed by atoms with Gasteiger partial charge in [0.05, 0.1) is 23.9 Å². The molecule has 27 heavy (non-hydrogen) atoms. The van der Waals surface area contributed by atoms with Crippen molar-refractivity contribution < 1.29 is 9.90 Å². The molecule has 2 aromatic heterocycles. The molecule has 2 heterocycles. The summed E-state index contributed by atoms with van der Waals surface area (Å²) in [5.41, 5.74) is 2.36. The Labute approximate surface area is 156 Å². The van der Waals surface area contributed by atoms with E-state index in [1.165, 1.54) is 6.20 Å². The molecule has 1 aliphatic rings. The number of hydrogen-bond donors (Lipinski definition) is 3. The van der Waals surface area contributed by atoms with Crippen molar-refractivity contribution in [1.82, 2.24) is 20.1 Å². The third kappa shape index (κ3) is 3.14. The Bertz CT molecular complexity index is 1060. The molecule has 0 spiro atoms. The maximum Gasteiger partial charge on any atom is 0.257 e. The summed E-state index contributed by atoms with van der Waals surface area (Å²) in [7, 11) is 1.81. The number of H-pyrrole nitrogens is 1. The van der Waals surface area contributed by atoms with E-state index in [-0.39, 0.29) is 29.1 Å². The quantitative estimate of drug-likeness (QED) is 0.656. The number of amides is 1. The van der Waals surface area contributed by atoms with E-state index in [1.54, 1.807) is 16.9 Å². The number of nitrogens with zero attached hydrogens (tertiary/aromatic N) is 2. The van der Waals surface area contributed by atoms with Crippen molar-refractivity contribution in [2.45, 2.75) is 31.9 Å². The van der Waals surface area contributed by atoms with Gasteiger partial charge < -0.3 is 15.4 Å². The van der Waals surface area contributed by atoms with E-state index in [9.17, 15) is 14.7 Å². The van der Waals surface area contributed by atoms with Crippen LogP contribution in [0.4, 0.5) is 0 Å². The molecule has 0 unspecified atom stereocenters. The van der Waals surface area contributed by atoms with Crippen molar-refractivity contribution in [2.24, 2.45) is 13.0 Å². The minimum absolute atomic E-state index is 0.0851. The maximum absolute atomic E-state index is 12.9. The molecule has 7 nitrogen and oxygen atoms in total. The molecular weight excluding hydrogens is 344 g/mol. The van der Waals surface area contributed by atoms with Gasteiger partial charge in [-0.05, 0) is 37.3 Å². The van der Waals surface area contributed by atoms with Crippen molar-refractivity contribution in [3.8, 4) is 0 Å². The van der Waals surface area contributed by atoms with Gasteiger partial charge in [0.15, 0.2) is 0 Å². The second kappa shape index (κ2) is 6.66. The highest BCUT2D eigenvalue weighted by Crippen LogP contribution is 2.38. The highest BCUT2D eigenvalue weighted by atomic mass is 16.3. The van der Waals surface area contributed by atoms with E-state index in [4.69, 9.17) is 0 Å². The van der Waals surface area contributed by atoms with Crippen LogP contribution < -0.4 is 10.7 Å². The Kier molecular flexibility index (Phi) is 4.31. The topological polar surface area (TPSA) is 100 Å². The summed E-state index contributed by atoms with van der Waals surface area (Å²) in [6, 6.07) is 5.15. The number of pyridine rings is 1. The zero-order chi connectivity index (χ0) is 19.1. The summed E-state index contributed by atoms with van der Waals surface area (Å²) in [4.78, 5) is 28.8. The molecule has 1 saturated carbocycles. The van der Waals surface area contributed by atoms with Crippen molar-refractivity contribution in [2.75, 3.05) is 0 Å². The number of aliphatic hydroxyl groups excluding tert-OH is 1. The zero-order valence-corrected chi connectivity index (χ0v) is 15.3. The van der Waals surface area contributed by atoms with E-state index < -0.39 is 5.91 Å². The summed E-state index contributed by atoms with van der Waals surface area (Å²) in [6.45, 7) is 1.92. The smallest absolute Gasteiger partial charge is 0.257 e. The normalized spacial score (nSPS) is 20.3.